The van der Waals surface area contributed by atoms with Crippen LogP contribution in [-0.4, -0.2) is 33.9 Å². The summed E-state index contributed by atoms with van der Waals surface area (Å²) in [5, 5.41) is 0.500. The summed E-state index contributed by atoms with van der Waals surface area (Å²) in [6, 6.07) is 5.49. The number of nitrogens with two attached hydrogens (primary N) is 1. The van der Waals surface area contributed by atoms with Crippen molar-refractivity contribution in [2.45, 2.75) is 10.9 Å². The summed E-state index contributed by atoms with van der Waals surface area (Å²) in [6.07, 6.45) is 0. The van der Waals surface area contributed by atoms with Crippen LogP contribution >= 0.6 is 11.6 Å². The van der Waals surface area contributed by atoms with Gasteiger partial charge in [-0.05, 0) is 24.3 Å². The molecule has 1 unspecified atom stereocenters. The zero-order valence-corrected chi connectivity index (χ0v) is 10.5. The molecule has 0 heterocycles. The standard InChI is InChI=1S/C10H14ClNO3S/c1-15-6-9(12)7-16(13,14)10-4-2-8(11)3-5-10/h2-5,9H,6-7,12H2,1H3. The third kappa shape index (κ3) is 3.75. The van der Waals surface area contributed by atoms with Crippen LogP contribution in [0.5, 0.6) is 0 Å². The Bertz CT molecular complexity index is 430. The molecule has 16 heavy (non-hydrogen) atoms. The van der Waals surface area contributed by atoms with Crippen molar-refractivity contribution in [1.82, 2.24) is 0 Å². The first-order valence-corrected chi connectivity index (χ1v) is 6.71. The SMILES string of the molecule is COCC(N)CS(=O)(=O)c1ccc(Cl)cc1. The summed E-state index contributed by atoms with van der Waals surface area (Å²) < 4.78 is 28.5. The Balaban J connectivity index is 2.82. The van der Waals surface area contributed by atoms with Crippen LogP contribution in [0.25, 0.3) is 0 Å². The molecule has 0 saturated carbocycles. The fourth-order valence-electron chi connectivity index (χ4n) is 1.28. The molecule has 2 N–H and O–H groups in total. The minimum absolute atomic E-state index is 0.136. The number of hydrogen-bond acceptors (Lipinski definition) is 4. The first-order valence-electron chi connectivity index (χ1n) is 4.68. The van der Waals surface area contributed by atoms with Gasteiger partial charge in [0.05, 0.1) is 17.3 Å². The highest BCUT2D eigenvalue weighted by molar-refractivity contribution is 7.91. The lowest BCUT2D eigenvalue weighted by Gasteiger charge is -2.10. The zero-order chi connectivity index (χ0) is 12.2. The van der Waals surface area contributed by atoms with Gasteiger partial charge in [-0.15, -0.1) is 0 Å². The van der Waals surface area contributed by atoms with Crippen LogP contribution in [0, 0.1) is 0 Å². The average Bonchev–Trinajstić information content (AvgIpc) is 2.17. The molecule has 1 rings (SSSR count). The Kier molecular flexibility index (Phi) is 4.73. The minimum atomic E-state index is -3.36. The second-order valence-corrected chi connectivity index (χ2v) is 5.92. The first kappa shape index (κ1) is 13.4. The van der Waals surface area contributed by atoms with E-state index < -0.39 is 15.9 Å². The maximum atomic E-state index is 11.9. The van der Waals surface area contributed by atoms with E-state index in [1.807, 2.05) is 0 Å². The zero-order valence-electron chi connectivity index (χ0n) is 8.89. The largest absolute Gasteiger partial charge is 0.383 e. The number of rotatable bonds is 5. The highest BCUT2D eigenvalue weighted by Gasteiger charge is 2.18. The van der Waals surface area contributed by atoms with Crippen LogP contribution in [0.3, 0.4) is 0 Å². The Morgan fingerprint density at radius 3 is 2.44 bits per heavy atom. The summed E-state index contributed by atoms with van der Waals surface area (Å²) in [6.45, 7) is 0.215. The number of sulfone groups is 1. The Morgan fingerprint density at radius 1 is 1.38 bits per heavy atom. The quantitative estimate of drug-likeness (QED) is 0.863. The van der Waals surface area contributed by atoms with Crippen molar-refractivity contribution in [3.05, 3.63) is 29.3 Å². The molecule has 1 aromatic carbocycles. The van der Waals surface area contributed by atoms with E-state index >= 15 is 0 Å². The Labute approximate surface area is 100 Å². The van der Waals surface area contributed by atoms with Crippen molar-refractivity contribution < 1.29 is 13.2 Å². The summed E-state index contributed by atoms with van der Waals surface area (Å²) in [4.78, 5) is 0.225. The van der Waals surface area contributed by atoms with Crippen LogP contribution in [0.4, 0.5) is 0 Å². The number of hydrogen-bond donors (Lipinski definition) is 1. The summed E-state index contributed by atoms with van der Waals surface area (Å²) >= 11 is 5.68. The second-order valence-electron chi connectivity index (χ2n) is 3.45. The Morgan fingerprint density at radius 2 is 1.94 bits per heavy atom. The molecule has 0 aromatic heterocycles. The molecule has 0 aliphatic rings. The van der Waals surface area contributed by atoms with Gasteiger partial charge in [0.2, 0.25) is 0 Å². The molecule has 0 saturated heterocycles. The highest BCUT2D eigenvalue weighted by Crippen LogP contribution is 2.15. The van der Waals surface area contributed by atoms with Gasteiger partial charge in [-0.3, -0.25) is 0 Å². The lowest BCUT2D eigenvalue weighted by atomic mass is 10.4. The molecule has 90 valence electrons. The van der Waals surface area contributed by atoms with E-state index in [1.165, 1.54) is 31.4 Å². The molecule has 0 bridgehead atoms. The second kappa shape index (κ2) is 5.63. The van der Waals surface area contributed by atoms with Gasteiger partial charge in [0.25, 0.3) is 0 Å². The van der Waals surface area contributed by atoms with Crippen LogP contribution in [0.2, 0.25) is 5.02 Å². The van der Waals surface area contributed by atoms with E-state index in [1.54, 1.807) is 0 Å². The van der Waals surface area contributed by atoms with E-state index in [0.29, 0.717) is 5.02 Å². The van der Waals surface area contributed by atoms with Crippen molar-refractivity contribution in [3.63, 3.8) is 0 Å². The first-order chi connectivity index (χ1) is 7.45. The Hall–Kier alpha value is -0.620. The van der Waals surface area contributed by atoms with Crippen molar-refractivity contribution in [2.24, 2.45) is 5.73 Å². The predicted molar refractivity (Wildman–Crippen MR) is 63.4 cm³/mol. The van der Waals surface area contributed by atoms with E-state index in [4.69, 9.17) is 22.1 Å². The third-order valence-electron chi connectivity index (χ3n) is 1.99. The van der Waals surface area contributed by atoms with Gasteiger partial charge in [0, 0.05) is 18.2 Å². The molecule has 4 nitrogen and oxygen atoms in total. The molecule has 1 atom stereocenters. The normalized spacial score (nSPS) is 13.7. The molecule has 0 amide bonds. The fourth-order valence-corrected chi connectivity index (χ4v) is 2.81. The van der Waals surface area contributed by atoms with Gasteiger partial charge >= 0.3 is 0 Å². The van der Waals surface area contributed by atoms with Crippen LogP contribution in [-0.2, 0) is 14.6 Å². The highest BCUT2D eigenvalue weighted by atomic mass is 35.5. The maximum Gasteiger partial charge on any atom is 0.179 e. The van der Waals surface area contributed by atoms with Gasteiger partial charge in [0.15, 0.2) is 9.84 Å². The number of methoxy groups -OCH3 is 1. The van der Waals surface area contributed by atoms with E-state index in [-0.39, 0.29) is 17.3 Å². The molecular formula is C10H14ClNO3S. The molecule has 0 fully saturated rings. The predicted octanol–water partition coefficient (Wildman–Crippen LogP) is 1.09. The maximum absolute atomic E-state index is 11.9. The van der Waals surface area contributed by atoms with Crippen molar-refractivity contribution in [3.8, 4) is 0 Å². The van der Waals surface area contributed by atoms with Gasteiger partial charge in [-0.1, -0.05) is 11.6 Å². The molecular weight excluding hydrogens is 250 g/mol. The molecule has 1 aromatic rings. The lowest BCUT2D eigenvalue weighted by molar-refractivity contribution is 0.186. The average molecular weight is 264 g/mol. The van der Waals surface area contributed by atoms with Gasteiger partial charge in [-0.2, -0.15) is 0 Å². The van der Waals surface area contributed by atoms with Crippen LogP contribution in [0.1, 0.15) is 0 Å². The van der Waals surface area contributed by atoms with Gasteiger partial charge in [0.1, 0.15) is 0 Å². The van der Waals surface area contributed by atoms with Crippen LogP contribution in [0.15, 0.2) is 29.2 Å². The number of ether oxygens (including phenoxy) is 1. The summed E-state index contributed by atoms with van der Waals surface area (Å²) in [7, 11) is -1.88. The molecule has 0 radical (unpaired) electrons. The number of halogens is 1. The monoisotopic (exact) mass is 263 g/mol. The van der Waals surface area contributed by atoms with E-state index in [9.17, 15) is 8.42 Å². The van der Waals surface area contributed by atoms with Gasteiger partial charge < -0.3 is 10.5 Å². The van der Waals surface area contributed by atoms with E-state index in [0.717, 1.165) is 0 Å². The van der Waals surface area contributed by atoms with Crippen molar-refractivity contribution in [2.75, 3.05) is 19.5 Å². The van der Waals surface area contributed by atoms with E-state index in [2.05, 4.69) is 0 Å². The molecule has 6 heteroatoms. The fraction of sp³-hybridized carbons (Fsp3) is 0.400. The molecule has 0 spiro atoms. The molecule has 0 aliphatic heterocycles. The summed E-state index contributed by atoms with van der Waals surface area (Å²) in [5.41, 5.74) is 5.61. The lowest BCUT2D eigenvalue weighted by Crippen LogP contribution is -2.33. The van der Waals surface area contributed by atoms with Crippen LogP contribution < -0.4 is 5.73 Å². The van der Waals surface area contributed by atoms with Gasteiger partial charge in [-0.25, -0.2) is 8.42 Å². The van der Waals surface area contributed by atoms with Crippen molar-refractivity contribution >= 4 is 21.4 Å². The summed E-state index contributed by atoms with van der Waals surface area (Å²) in [5.74, 6) is -0.136. The topological polar surface area (TPSA) is 69.4 Å². The smallest absolute Gasteiger partial charge is 0.179 e. The molecule has 0 aliphatic carbocycles. The number of benzene rings is 1. The van der Waals surface area contributed by atoms with Crippen molar-refractivity contribution in [1.29, 1.82) is 0 Å². The third-order valence-corrected chi connectivity index (χ3v) is 4.10. The minimum Gasteiger partial charge on any atom is -0.383 e.